The van der Waals surface area contributed by atoms with Gasteiger partial charge in [0.15, 0.2) is 0 Å². The molecule has 0 spiro atoms. The molecule has 96 valence electrons. The molecule has 1 saturated heterocycles. The molecule has 0 saturated carbocycles. The van der Waals surface area contributed by atoms with Crippen molar-refractivity contribution >= 4 is 0 Å². The highest BCUT2D eigenvalue weighted by Crippen LogP contribution is 2.17. The van der Waals surface area contributed by atoms with E-state index in [9.17, 15) is 0 Å². The fraction of sp³-hybridized carbons (Fsp3) is 1.00. The molecule has 0 amide bonds. The third-order valence-electron chi connectivity index (χ3n) is 4.43. The summed E-state index contributed by atoms with van der Waals surface area (Å²) in [7, 11) is 0. The van der Waals surface area contributed by atoms with E-state index in [-0.39, 0.29) is 0 Å². The molecule has 1 rings (SSSR count). The Balaban J connectivity index is 2.39. The smallest absolute Gasteiger partial charge is 0.0113 e. The van der Waals surface area contributed by atoms with Crippen LogP contribution >= 0.6 is 0 Å². The van der Waals surface area contributed by atoms with Gasteiger partial charge in [0, 0.05) is 38.3 Å². The van der Waals surface area contributed by atoms with Crippen LogP contribution in [0.3, 0.4) is 0 Å². The van der Waals surface area contributed by atoms with Gasteiger partial charge in [0.05, 0.1) is 0 Å². The average molecular weight is 226 g/mol. The van der Waals surface area contributed by atoms with Gasteiger partial charge < -0.3 is 0 Å². The van der Waals surface area contributed by atoms with Crippen LogP contribution in [-0.2, 0) is 0 Å². The van der Waals surface area contributed by atoms with Crippen LogP contribution in [0.25, 0.3) is 0 Å². The maximum absolute atomic E-state index is 2.65. The van der Waals surface area contributed by atoms with Crippen molar-refractivity contribution in [1.29, 1.82) is 0 Å². The van der Waals surface area contributed by atoms with Gasteiger partial charge in [-0.2, -0.15) is 0 Å². The predicted molar refractivity (Wildman–Crippen MR) is 71.7 cm³/mol. The van der Waals surface area contributed by atoms with Crippen molar-refractivity contribution in [2.75, 3.05) is 26.2 Å². The Morgan fingerprint density at radius 1 is 0.562 bits per heavy atom. The zero-order chi connectivity index (χ0) is 12.3. The van der Waals surface area contributed by atoms with Crippen molar-refractivity contribution < 1.29 is 0 Å². The van der Waals surface area contributed by atoms with Gasteiger partial charge in [0.1, 0.15) is 0 Å². The van der Waals surface area contributed by atoms with E-state index < -0.39 is 0 Å². The van der Waals surface area contributed by atoms with Crippen LogP contribution in [0.15, 0.2) is 0 Å². The molecule has 0 N–H and O–H groups in total. The predicted octanol–water partition coefficient (Wildman–Crippen LogP) is 2.69. The number of hydrogen-bond donors (Lipinski definition) is 0. The maximum atomic E-state index is 2.65. The van der Waals surface area contributed by atoms with E-state index >= 15 is 0 Å². The standard InChI is InChI=1S/C14H30N2/c1-11(2)13(5)15-7-9-16(10-8-15)14(6)12(3)4/h11-14H,7-10H2,1-6H3. The van der Waals surface area contributed by atoms with Crippen LogP contribution in [0.5, 0.6) is 0 Å². The Morgan fingerprint density at radius 3 is 1.00 bits per heavy atom. The van der Waals surface area contributed by atoms with Crippen molar-refractivity contribution in [3.05, 3.63) is 0 Å². The molecular weight excluding hydrogens is 196 g/mol. The Bertz CT molecular complexity index is 171. The minimum absolute atomic E-state index is 0.733. The first kappa shape index (κ1) is 14.0. The number of nitrogens with zero attached hydrogens (tertiary/aromatic N) is 2. The molecule has 0 aromatic rings. The van der Waals surface area contributed by atoms with Crippen LogP contribution in [0.1, 0.15) is 41.5 Å². The molecule has 16 heavy (non-hydrogen) atoms. The lowest BCUT2D eigenvalue weighted by atomic mass is 10.0. The summed E-state index contributed by atoms with van der Waals surface area (Å²) in [5.74, 6) is 1.54. The van der Waals surface area contributed by atoms with E-state index in [0.29, 0.717) is 0 Å². The molecule has 1 heterocycles. The Kier molecular flexibility index (Phi) is 5.26. The van der Waals surface area contributed by atoms with Gasteiger partial charge in [0.25, 0.3) is 0 Å². The van der Waals surface area contributed by atoms with E-state index in [1.807, 2.05) is 0 Å². The van der Waals surface area contributed by atoms with E-state index in [4.69, 9.17) is 0 Å². The second-order valence-corrected chi connectivity index (χ2v) is 6.04. The Hall–Kier alpha value is -0.0800. The van der Waals surface area contributed by atoms with E-state index in [0.717, 1.165) is 23.9 Å². The minimum Gasteiger partial charge on any atom is -0.298 e. The first-order valence-electron chi connectivity index (χ1n) is 6.91. The monoisotopic (exact) mass is 226 g/mol. The van der Waals surface area contributed by atoms with Crippen LogP contribution in [0.4, 0.5) is 0 Å². The number of hydrogen-bond acceptors (Lipinski definition) is 2. The Labute approximate surface area is 102 Å². The van der Waals surface area contributed by atoms with Crippen molar-refractivity contribution in [3.63, 3.8) is 0 Å². The minimum atomic E-state index is 0.733. The lowest BCUT2D eigenvalue weighted by Gasteiger charge is -2.42. The first-order chi connectivity index (χ1) is 7.43. The van der Waals surface area contributed by atoms with Crippen molar-refractivity contribution in [3.8, 4) is 0 Å². The summed E-state index contributed by atoms with van der Waals surface area (Å²) < 4.78 is 0. The molecule has 1 aliphatic rings. The van der Waals surface area contributed by atoms with Gasteiger partial charge >= 0.3 is 0 Å². The second kappa shape index (κ2) is 6.02. The molecule has 1 aliphatic heterocycles. The van der Waals surface area contributed by atoms with Crippen LogP contribution in [0, 0.1) is 11.8 Å². The topological polar surface area (TPSA) is 6.48 Å². The Morgan fingerprint density at radius 2 is 0.812 bits per heavy atom. The summed E-state index contributed by atoms with van der Waals surface area (Å²) in [5, 5.41) is 0. The fourth-order valence-electron chi connectivity index (χ4n) is 2.40. The van der Waals surface area contributed by atoms with Gasteiger partial charge in [-0.15, -0.1) is 0 Å². The fourth-order valence-corrected chi connectivity index (χ4v) is 2.40. The molecule has 2 unspecified atom stereocenters. The quantitative estimate of drug-likeness (QED) is 0.727. The molecule has 1 fully saturated rings. The van der Waals surface area contributed by atoms with E-state index in [1.54, 1.807) is 0 Å². The average Bonchev–Trinajstić information content (AvgIpc) is 2.27. The highest BCUT2D eigenvalue weighted by atomic mass is 15.3. The molecule has 0 aromatic heterocycles. The SMILES string of the molecule is CC(C)C(C)N1CCN(C(C)C(C)C)CC1. The largest absolute Gasteiger partial charge is 0.298 e. The van der Waals surface area contributed by atoms with Gasteiger partial charge in [-0.1, -0.05) is 27.7 Å². The van der Waals surface area contributed by atoms with E-state index in [1.165, 1.54) is 26.2 Å². The molecule has 2 heteroatoms. The van der Waals surface area contributed by atoms with Crippen molar-refractivity contribution in [2.24, 2.45) is 11.8 Å². The lowest BCUT2D eigenvalue weighted by molar-refractivity contribution is 0.0526. The summed E-state index contributed by atoms with van der Waals surface area (Å²) in [6.07, 6.45) is 0. The summed E-state index contributed by atoms with van der Waals surface area (Å²) in [6.45, 7) is 19.0. The normalized spacial score (nSPS) is 24.0. The van der Waals surface area contributed by atoms with Crippen molar-refractivity contribution in [1.82, 2.24) is 9.80 Å². The van der Waals surface area contributed by atoms with Crippen molar-refractivity contribution in [2.45, 2.75) is 53.6 Å². The van der Waals surface area contributed by atoms with E-state index in [2.05, 4.69) is 51.3 Å². The zero-order valence-electron chi connectivity index (χ0n) is 12.0. The summed E-state index contributed by atoms with van der Waals surface area (Å²) in [6, 6.07) is 1.47. The van der Waals surface area contributed by atoms with Gasteiger partial charge in [-0.05, 0) is 25.7 Å². The molecule has 0 aliphatic carbocycles. The number of rotatable bonds is 4. The highest BCUT2D eigenvalue weighted by Gasteiger charge is 2.25. The maximum Gasteiger partial charge on any atom is 0.0113 e. The zero-order valence-corrected chi connectivity index (χ0v) is 12.0. The van der Waals surface area contributed by atoms with Crippen LogP contribution < -0.4 is 0 Å². The summed E-state index contributed by atoms with van der Waals surface area (Å²) in [5.41, 5.74) is 0. The second-order valence-electron chi connectivity index (χ2n) is 6.04. The highest BCUT2D eigenvalue weighted by molar-refractivity contribution is 4.81. The van der Waals surface area contributed by atoms with Gasteiger partial charge in [-0.25, -0.2) is 0 Å². The van der Waals surface area contributed by atoms with Gasteiger partial charge in [-0.3, -0.25) is 9.80 Å². The van der Waals surface area contributed by atoms with Gasteiger partial charge in [0.2, 0.25) is 0 Å². The summed E-state index contributed by atoms with van der Waals surface area (Å²) in [4.78, 5) is 5.29. The molecule has 2 atom stereocenters. The summed E-state index contributed by atoms with van der Waals surface area (Å²) >= 11 is 0. The number of piperazine rings is 1. The third-order valence-corrected chi connectivity index (χ3v) is 4.43. The molecule has 0 aromatic carbocycles. The molecule has 2 nitrogen and oxygen atoms in total. The molecule has 0 bridgehead atoms. The first-order valence-corrected chi connectivity index (χ1v) is 6.91. The van der Waals surface area contributed by atoms with Crippen LogP contribution in [-0.4, -0.2) is 48.1 Å². The lowest BCUT2D eigenvalue weighted by Crippen LogP contribution is -2.53. The third kappa shape index (κ3) is 3.46. The molecule has 0 radical (unpaired) electrons. The molecular formula is C14H30N2. The van der Waals surface area contributed by atoms with Crippen LogP contribution in [0.2, 0.25) is 0 Å².